The third-order valence-electron chi connectivity index (χ3n) is 12.4. The molecule has 0 spiro atoms. The first kappa shape index (κ1) is 50.0. The zero-order valence-corrected chi connectivity index (χ0v) is 37.9. The van der Waals surface area contributed by atoms with Crippen molar-refractivity contribution in [1.29, 1.82) is 0 Å². The molecule has 0 radical (unpaired) electrons. The summed E-state index contributed by atoms with van der Waals surface area (Å²) >= 11 is 0. The highest BCUT2D eigenvalue weighted by molar-refractivity contribution is 7.90. The molecule has 1 aliphatic carbocycles. The molecule has 0 aromatic carbocycles. The van der Waals surface area contributed by atoms with E-state index in [1.807, 2.05) is 41.5 Å². The number of likely N-dealkylation sites (tertiary alicyclic amines) is 1. The number of nitrogens with one attached hydrogen (secondary N) is 2. The Bertz CT molecular complexity index is 1670. The van der Waals surface area contributed by atoms with Crippen LogP contribution in [-0.2, 0) is 49.9 Å². The molecule has 10 atom stereocenters. The van der Waals surface area contributed by atoms with Gasteiger partial charge in [0.05, 0.1) is 54.0 Å². The number of rotatable bonds is 25. The van der Waals surface area contributed by atoms with Crippen LogP contribution in [0.4, 0.5) is 0 Å². The maximum absolute atomic E-state index is 14.3. The summed E-state index contributed by atoms with van der Waals surface area (Å²) in [7, 11) is 2.50. The molecule has 1 aliphatic heterocycles. The summed E-state index contributed by atoms with van der Waals surface area (Å²) in [5, 5.41) is 13.4. The molecule has 2 aliphatic rings. The highest BCUT2D eigenvalue weighted by Gasteiger charge is 2.46. The Kier molecular flexibility index (Phi) is 19.1. The SMILES string of the molecule is CC[C@H](C)[C@@H]([C@@H](CC(=O)N1C[C@H](O)C[C@H]1[C@H](OC)[C@@H](C)C(=O)C[C@@H](Cc1ccccn1)C(=O)NS(=O)(=O)C1CC1)OC)N(C)C(=O)[C@@H](CC(=O)[C@@H](NC)C(C)C)C(C)C. The number of amides is 3. The topological polar surface area (TPSA) is 202 Å². The highest BCUT2D eigenvalue weighted by Crippen LogP contribution is 2.32. The molecule has 59 heavy (non-hydrogen) atoms. The number of β-amino-alcohol motifs (C(OH)–C–C–N with tert-alkyl or cyclic N) is 1. The number of hydrogen-bond donors (Lipinski definition) is 3. The molecule has 3 amide bonds. The Morgan fingerprint density at radius 1 is 0.966 bits per heavy atom. The predicted octanol–water partition coefficient (Wildman–Crippen LogP) is 3.17. The fourth-order valence-corrected chi connectivity index (χ4v) is 9.93. The Hall–Kier alpha value is -3.31. The average Bonchev–Trinajstić information content (AvgIpc) is 3.99. The van der Waals surface area contributed by atoms with E-state index in [2.05, 4.69) is 15.0 Å². The molecule has 1 saturated heterocycles. The largest absolute Gasteiger partial charge is 0.391 e. The lowest BCUT2D eigenvalue weighted by Gasteiger charge is -2.41. The second-order valence-electron chi connectivity index (χ2n) is 17.4. The van der Waals surface area contributed by atoms with E-state index in [1.165, 1.54) is 19.1 Å². The van der Waals surface area contributed by atoms with Crippen molar-refractivity contribution in [2.75, 3.05) is 34.9 Å². The Balaban J connectivity index is 1.83. The van der Waals surface area contributed by atoms with Gasteiger partial charge in [0.25, 0.3) is 0 Å². The van der Waals surface area contributed by atoms with Gasteiger partial charge in [-0.05, 0) is 56.2 Å². The van der Waals surface area contributed by atoms with E-state index in [4.69, 9.17) is 9.47 Å². The molecule has 15 nitrogen and oxygen atoms in total. The monoisotopic (exact) mass is 849 g/mol. The average molecular weight is 850 g/mol. The normalized spacial score (nSPS) is 21.3. The van der Waals surface area contributed by atoms with Crippen molar-refractivity contribution in [3.63, 3.8) is 0 Å². The molecule has 0 unspecified atom stereocenters. The first-order valence-electron chi connectivity index (χ1n) is 21.2. The van der Waals surface area contributed by atoms with Gasteiger partial charge >= 0.3 is 0 Å². The third-order valence-corrected chi connectivity index (χ3v) is 14.3. The molecular formula is C43H71N5O10S. The molecule has 2 heterocycles. The van der Waals surface area contributed by atoms with Crippen LogP contribution in [0.1, 0.15) is 99.1 Å². The molecular weight excluding hydrogens is 779 g/mol. The minimum atomic E-state index is -3.87. The van der Waals surface area contributed by atoms with E-state index in [0.29, 0.717) is 25.0 Å². The standard InChI is InChI=1S/C43H71N5O10S/c1-12-27(6)40(47(9)43(54)33(25(2)3)22-36(51)39(44-8)26(4)5)37(57-10)23-38(52)48-24-31(49)21-34(48)41(58-11)28(7)35(50)20-29(19-30-15-13-14-18-45-30)42(53)46-59(55,56)32-16-17-32/h13-15,18,25-29,31-34,37,39-41,44,49H,12,16-17,19-24H2,1-11H3,(H,46,53)/t27-,28-,29+,31+,33-,34-,37+,39-,40-,41+/m0/s1. The molecule has 334 valence electrons. The number of nitrogens with zero attached hydrogens (tertiary/aromatic N) is 3. The first-order valence-corrected chi connectivity index (χ1v) is 22.7. The van der Waals surface area contributed by atoms with E-state index in [-0.39, 0.29) is 85.8 Å². The fraction of sp³-hybridized carbons (Fsp3) is 0.767. The smallest absolute Gasteiger partial charge is 0.237 e. The number of methoxy groups -OCH3 is 2. The summed E-state index contributed by atoms with van der Waals surface area (Å²) in [6, 6.07) is 3.54. The minimum absolute atomic E-state index is 0.00672. The number of Topliss-reactive ketones (excluding diaryl/α,β-unsaturated/α-hetero) is 2. The third kappa shape index (κ3) is 13.3. The molecule has 2 fully saturated rings. The zero-order chi connectivity index (χ0) is 44.4. The summed E-state index contributed by atoms with van der Waals surface area (Å²) in [4.78, 5) is 76.8. The molecule has 16 heteroatoms. The number of likely N-dealkylation sites (N-methyl/N-ethyl adjacent to an activating group) is 2. The van der Waals surface area contributed by atoms with Gasteiger partial charge in [-0.1, -0.05) is 61.0 Å². The molecule has 3 rings (SSSR count). The number of ketones is 2. The predicted molar refractivity (Wildman–Crippen MR) is 224 cm³/mol. The van der Waals surface area contributed by atoms with Crippen LogP contribution in [0.5, 0.6) is 0 Å². The van der Waals surface area contributed by atoms with Gasteiger partial charge in [0, 0.05) is 70.8 Å². The van der Waals surface area contributed by atoms with E-state index in [1.54, 1.807) is 50.3 Å². The molecule has 1 aromatic rings. The van der Waals surface area contributed by atoms with Crippen LogP contribution in [0.3, 0.4) is 0 Å². The highest BCUT2D eigenvalue weighted by atomic mass is 32.2. The van der Waals surface area contributed by atoms with Crippen LogP contribution >= 0.6 is 0 Å². The van der Waals surface area contributed by atoms with Gasteiger partial charge in [-0.3, -0.25) is 33.7 Å². The number of aromatic nitrogens is 1. The summed E-state index contributed by atoms with van der Waals surface area (Å²) in [5.74, 6) is -4.38. The fourth-order valence-electron chi connectivity index (χ4n) is 8.56. The van der Waals surface area contributed by atoms with Crippen molar-refractivity contribution in [3.8, 4) is 0 Å². The van der Waals surface area contributed by atoms with E-state index in [9.17, 15) is 37.5 Å². The summed E-state index contributed by atoms with van der Waals surface area (Å²) in [6.45, 7) is 13.4. The van der Waals surface area contributed by atoms with Crippen molar-refractivity contribution in [3.05, 3.63) is 30.1 Å². The Morgan fingerprint density at radius 3 is 2.14 bits per heavy atom. The van der Waals surface area contributed by atoms with E-state index < -0.39 is 69.3 Å². The maximum Gasteiger partial charge on any atom is 0.237 e. The number of pyridine rings is 1. The van der Waals surface area contributed by atoms with Crippen molar-refractivity contribution < 1.29 is 47.0 Å². The summed E-state index contributed by atoms with van der Waals surface area (Å²) in [5.41, 5.74) is 0.522. The second kappa shape index (κ2) is 22.5. The van der Waals surface area contributed by atoms with Crippen LogP contribution < -0.4 is 10.0 Å². The van der Waals surface area contributed by atoms with Gasteiger partial charge < -0.3 is 29.7 Å². The number of aliphatic hydroxyl groups is 1. The van der Waals surface area contributed by atoms with Crippen molar-refractivity contribution in [2.45, 2.75) is 142 Å². The Labute approximate surface area is 352 Å². The summed E-state index contributed by atoms with van der Waals surface area (Å²) < 4.78 is 39.5. The quantitative estimate of drug-likeness (QED) is 0.130. The van der Waals surface area contributed by atoms with Gasteiger partial charge in [0.1, 0.15) is 5.78 Å². The molecule has 0 bridgehead atoms. The summed E-state index contributed by atoms with van der Waals surface area (Å²) in [6.07, 6.45) is 0.476. The minimum Gasteiger partial charge on any atom is -0.391 e. The number of aliphatic hydroxyl groups excluding tert-OH is 1. The van der Waals surface area contributed by atoms with Gasteiger partial charge in [-0.2, -0.15) is 0 Å². The lowest BCUT2D eigenvalue weighted by molar-refractivity contribution is -0.149. The maximum atomic E-state index is 14.3. The first-order chi connectivity index (χ1) is 27.7. The lowest BCUT2D eigenvalue weighted by Crippen LogP contribution is -2.54. The van der Waals surface area contributed by atoms with E-state index >= 15 is 0 Å². The van der Waals surface area contributed by atoms with Gasteiger partial charge in [-0.15, -0.1) is 0 Å². The van der Waals surface area contributed by atoms with Gasteiger partial charge in [0.2, 0.25) is 27.7 Å². The number of carbonyl (C=O) groups is 5. The van der Waals surface area contributed by atoms with Crippen LogP contribution in [0, 0.1) is 35.5 Å². The van der Waals surface area contributed by atoms with Crippen molar-refractivity contribution in [2.24, 2.45) is 35.5 Å². The number of sulfonamides is 1. The molecule has 1 saturated carbocycles. The van der Waals surface area contributed by atoms with Crippen LogP contribution in [0.15, 0.2) is 24.4 Å². The van der Waals surface area contributed by atoms with E-state index in [0.717, 1.165) is 0 Å². The zero-order valence-electron chi connectivity index (χ0n) is 37.1. The number of ether oxygens (including phenoxy) is 2. The van der Waals surface area contributed by atoms with Crippen molar-refractivity contribution >= 4 is 39.3 Å². The number of carbonyl (C=O) groups excluding carboxylic acids is 5. The van der Waals surface area contributed by atoms with Crippen molar-refractivity contribution in [1.82, 2.24) is 24.8 Å². The van der Waals surface area contributed by atoms with Crippen LogP contribution in [-0.4, -0.2) is 134 Å². The molecule has 1 aromatic heterocycles. The van der Waals surface area contributed by atoms with Crippen LogP contribution in [0.25, 0.3) is 0 Å². The lowest BCUT2D eigenvalue weighted by atomic mass is 9.84. The van der Waals surface area contributed by atoms with Gasteiger partial charge in [-0.25, -0.2) is 8.42 Å². The molecule has 3 N–H and O–H groups in total. The second-order valence-corrected chi connectivity index (χ2v) is 19.4. The van der Waals surface area contributed by atoms with Crippen LogP contribution in [0.2, 0.25) is 0 Å². The van der Waals surface area contributed by atoms with Gasteiger partial charge in [0.15, 0.2) is 5.78 Å². The Morgan fingerprint density at radius 2 is 1.63 bits per heavy atom. The number of hydrogen-bond acceptors (Lipinski definition) is 12.